The number of rotatable bonds is 7. The molecule has 184 valence electrons. The zero-order chi connectivity index (χ0) is 24.1. The summed E-state index contributed by atoms with van der Waals surface area (Å²) in [5.41, 5.74) is 1.79. The fraction of sp³-hybridized carbons (Fsp3) is 0.600. The SMILES string of the molecule is CC1CCN(C(=O)CCc2nc(CN3CCN(C(=O)c4ccc(N(C)C)cc4)CC3)no2)CC1. The van der Waals surface area contributed by atoms with Gasteiger partial charge in [0.2, 0.25) is 11.8 Å². The number of hydrogen-bond acceptors (Lipinski definition) is 7. The Kier molecular flexibility index (Phi) is 7.82. The van der Waals surface area contributed by atoms with Crippen molar-refractivity contribution >= 4 is 17.5 Å². The topological polar surface area (TPSA) is 86.0 Å². The number of benzene rings is 1. The van der Waals surface area contributed by atoms with E-state index in [-0.39, 0.29) is 11.8 Å². The molecule has 0 aliphatic carbocycles. The van der Waals surface area contributed by atoms with Crippen molar-refractivity contribution in [1.82, 2.24) is 24.8 Å². The molecule has 0 N–H and O–H groups in total. The van der Waals surface area contributed by atoms with Crippen LogP contribution in [0.3, 0.4) is 0 Å². The van der Waals surface area contributed by atoms with E-state index in [9.17, 15) is 9.59 Å². The third-order valence-electron chi connectivity index (χ3n) is 6.85. The highest BCUT2D eigenvalue weighted by Crippen LogP contribution is 2.18. The number of likely N-dealkylation sites (tertiary alicyclic amines) is 1. The van der Waals surface area contributed by atoms with Crippen LogP contribution in [0.4, 0.5) is 5.69 Å². The van der Waals surface area contributed by atoms with Crippen LogP contribution in [0.5, 0.6) is 0 Å². The Morgan fingerprint density at radius 1 is 1.00 bits per heavy atom. The summed E-state index contributed by atoms with van der Waals surface area (Å²) in [6.07, 6.45) is 3.05. The minimum atomic E-state index is 0.0691. The molecule has 2 aromatic rings. The Morgan fingerprint density at radius 3 is 2.32 bits per heavy atom. The van der Waals surface area contributed by atoms with Gasteiger partial charge >= 0.3 is 0 Å². The molecule has 0 saturated carbocycles. The Bertz CT molecular complexity index is 957. The monoisotopic (exact) mass is 468 g/mol. The molecule has 2 saturated heterocycles. The van der Waals surface area contributed by atoms with E-state index in [2.05, 4.69) is 22.0 Å². The first-order valence-electron chi connectivity index (χ1n) is 12.3. The Morgan fingerprint density at radius 2 is 1.68 bits per heavy atom. The lowest BCUT2D eigenvalue weighted by Gasteiger charge is -2.34. The highest BCUT2D eigenvalue weighted by atomic mass is 16.5. The van der Waals surface area contributed by atoms with Gasteiger partial charge < -0.3 is 19.2 Å². The van der Waals surface area contributed by atoms with Crippen LogP contribution in [0.2, 0.25) is 0 Å². The van der Waals surface area contributed by atoms with Crippen LogP contribution in [0, 0.1) is 5.92 Å². The van der Waals surface area contributed by atoms with E-state index < -0.39 is 0 Å². The first-order valence-corrected chi connectivity index (χ1v) is 12.3. The van der Waals surface area contributed by atoms with Crippen LogP contribution in [-0.4, -0.2) is 90.0 Å². The molecule has 0 radical (unpaired) electrons. The lowest BCUT2D eigenvalue weighted by molar-refractivity contribution is -0.132. The fourth-order valence-corrected chi connectivity index (χ4v) is 4.48. The summed E-state index contributed by atoms with van der Waals surface area (Å²) in [4.78, 5) is 37.8. The van der Waals surface area contributed by atoms with Gasteiger partial charge in [0, 0.05) is 77.5 Å². The second-order valence-electron chi connectivity index (χ2n) is 9.68. The summed E-state index contributed by atoms with van der Waals surface area (Å²) in [6, 6.07) is 7.72. The number of carbonyl (C=O) groups excluding carboxylic acids is 2. The number of anilines is 1. The number of piperazine rings is 1. The van der Waals surface area contributed by atoms with E-state index in [1.807, 2.05) is 53.1 Å². The van der Waals surface area contributed by atoms with Crippen molar-refractivity contribution in [2.24, 2.45) is 5.92 Å². The summed E-state index contributed by atoms with van der Waals surface area (Å²) in [6.45, 7) is 7.39. The highest BCUT2D eigenvalue weighted by molar-refractivity contribution is 5.94. The van der Waals surface area contributed by atoms with Crippen LogP contribution in [0.15, 0.2) is 28.8 Å². The lowest BCUT2D eigenvalue weighted by atomic mass is 9.99. The lowest BCUT2D eigenvalue weighted by Crippen LogP contribution is -2.48. The number of carbonyl (C=O) groups is 2. The Hall–Kier alpha value is -2.94. The maximum Gasteiger partial charge on any atom is 0.253 e. The maximum absolute atomic E-state index is 12.8. The van der Waals surface area contributed by atoms with E-state index >= 15 is 0 Å². The van der Waals surface area contributed by atoms with Crippen molar-refractivity contribution in [3.8, 4) is 0 Å². The summed E-state index contributed by atoms with van der Waals surface area (Å²) in [5, 5.41) is 4.10. The van der Waals surface area contributed by atoms with Gasteiger partial charge in [-0.25, -0.2) is 0 Å². The third kappa shape index (κ3) is 6.14. The molecule has 9 heteroatoms. The van der Waals surface area contributed by atoms with Crippen molar-refractivity contribution < 1.29 is 14.1 Å². The fourth-order valence-electron chi connectivity index (χ4n) is 4.48. The van der Waals surface area contributed by atoms with Crippen molar-refractivity contribution in [2.75, 3.05) is 58.3 Å². The number of amides is 2. The van der Waals surface area contributed by atoms with Crippen molar-refractivity contribution in [3.63, 3.8) is 0 Å². The van der Waals surface area contributed by atoms with Crippen LogP contribution >= 0.6 is 0 Å². The molecule has 0 unspecified atom stereocenters. The molecule has 9 nitrogen and oxygen atoms in total. The molecule has 2 fully saturated rings. The van der Waals surface area contributed by atoms with E-state index in [1.54, 1.807) is 0 Å². The van der Waals surface area contributed by atoms with Crippen LogP contribution in [0.25, 0.3) is 0 Å². The average molecular weight is 469 g/mol. The predicted octanol–water partition coefficient (Wildman–Crippen LogP) is 2.28. The van der Waals surface area contributed by atoms with Gasteiger partial charge in [-0.05, 0) is 43.0 Å². The maximum atomic E-state index is 12.8. The second-order valence-corrected chi connectivity index (χ2v) is 9.68. The molecule has 0 spiro atoms. The molecule has 2 aliphatic heterocycles. The molecular weight excluding hydrogens is 432 g/mol. The molecule has 3 heterocycles. The molecule has 4 rings (SSSR count). The van der Waals surface area contributed by atoms with E-state index in [0.717, 1.165) is 50.3 Å². The van der Waals surface area contributed by atoms with Crippen molar-refractivity contribution in [2.45, 2.75) is 39.2 Å². The molecule has 34 heavy (non-hydrogen) atoms. The first-order chi connectivity index (χ1) is 16.4. The third-order valence-corrected chi connectivity index (χ3v) is 6.85. The van der Waals surface area contributed by atoms with Gasteiger partial charge in [0.15, 0.2) is 5.82 Å². The van der Waals surface area contributed by atoms with E-state index in [4.69, 9.17) is 4.52 Å². The van der Waals surface area contributed by atoms with Crippen LogP contribution in [0.1, 0.15) is 48.3 Å². The normalized spacial score (nSPS) is 17.7. The van der Waals surface area contributed by atoms with E-state index in [1.165, 1.54) is 0 Å². The van der Waals surface area contributed by atoms with Crippen LogP contribution in [-0.2, 0) is 17.8 Å². The molecule has 2 aliphatic rings. The quantitative estimate of drug-likeness (QED) is 0.616. The summed E-state index contributed by atoms with van der Waals surface area (Å²) >= 11 is 0. The number of piperidine rings is 1. The predicted molar refractivity (Wildman–Crippen MR) is 130 cm³/mol. The van der Waals surface area contributed by atoms with Gasteiger partial charge in [0.1, 0.15) is 0 Å². The number of aromatic nitrogens is 2. The van der Waals surface area contributed by atoms with Gasteiger partial charge in [0.25, 0.3) is 5.91 Å². The number of nitrogens with zero attached hydrogens (tertiary/aromatic N) is 6. The van der Waals surface area contributed by atoms with Gasteiger partial charge in [-0.15, -0.1) is 0 Å². The number of aryl methyl sites for hydroxylation is 1. The van der Waals surface area contributed by atoms with Crippen molar-refractivity contribution in [1.29, 1.82) is 0 Å². The van der Waals surface area contributed by atoms with Crippen molar-refractivity contribution in [3.05, 3.63) is 41.5 Å². The average Bonchev–Trinajstić information content (AvgIpc) is 3.30. The van der Waals surface area contributed by atoms with E-state index in [0.29, 0.717) is 50.1 Å². The first kappa shape index (κ1) is 24.2. The summed E-state index contributed by atoms with van der Waals surface area (Å²) < 4.78 is 5.38. The number of hydrogen-bond donors (Lipinski definition) is 0. The second kappa shape index (κ2) is 11.0. The van der Waals surface area contributed by atoms with Gasteiger partial charge in [-0.2, -0.15) is 4.98 Å². The molecule has 1 aromatic heterocycles. The molecule has 2 amide bonds. The smallest absolute Gasteiger partial charge is 0.253 e. The minimum Gasteiger partial charge on any atom is -0.378 e. The van der Waals surface area contributed by atoms with Gasteiger partial charge in [-0.1, -0.05) is 12.1 Å². The Labute approximate surface area is 201 Å². The zero-order valence-corrected chi connectivity index (χ0v) is 20.6. The molecule has 1 aromatic carbocycles. The van der Waals surface area contributed by atoms with Gasteiger partial charge in [0.05, 0.1) is 6.54 Å². The highest BCUT2D eigenvalue weighted by Gasteiger charge is 2.24. The van der Waals surface area contributed by atoms with Gasteiger partial charge in [-0.3, -0.25) is 14.5 Å². The largest absolute Gasteiger partial charge is 0.378 e. The molecular formula is C25H36N6O3. The molecule has 0 bridgehead atoms. The Balaban J connectivity index is 1.20. The standard InChI is InChI=1S/C25H36N6O3/c1-19-10-12-30(13-11-19)24(32)9-8-23-26-22(27-34-23)18-29-14-16-31(17-15-29)25(33)20-4-6-21(7-5-20)28(2)3/h4-7,19H,8-18H2,1-3H3. The zero-order valence-electron chi connectivity index (χ0n) is 20.6. The summed E-state index contributed by atoms with van der Waals surface area (Å²) in [7, 11) is 3.97. The minimum absolute atomic E-state index is 0.0691. The summed E-state index contributed by atoms with van der Waals surface area (Å²) in [5.74, 6) is 2.10. The molecule has 0 atom stereocenters. The van der Waals surface area contributed by atoms with Crippen LogP contribution < -0.4 is 4.90 Å².